The molecule has 33 heavy (non-hydrogen) atoms. The summed E-state index contributed by atoms with van der Waals surface area (Å²) in [7, 11) is 1.61. The lowest BCUT2D eigenvalue weighted by atomic mass is 9.88. The second-order valence-corrected chi connectivity index (χ2v) is 8.43. The van der Waals surface area contributed by atoms with E-state index in [4.69, 9.17) is 9.84 Å². The van der Waals surface area contributed by atoms with Crippen LogP contribution in [0, 0.1) is 0 Å². The molecule has 4 N–H and O–H groups in total. The number of hydrogen-bond acceptors (Lipinski definition) is 5. The number of halogens is 2. The minimum absolute atomic E-state index is 0.203. The van der Waals surface area contributed by atoms with Gasteiger partial charge in [-0.15, -0.1) is 0 Å². The van der Waals surface area contributed by atoms with Crippen molar-refractivity contribution in [1.82, 2.24) is 20.8 Å². The number of nitrogens with zero attached hydrogens (tertiary/aromatic N) is 1. The number of rotatable bonds is 7. The first-order valence-electron chi connectivity index (χ1n) is 11.0. The van der Waals surface area contributed by atoms with Crippen molar-refractivity contribution in [1.29, 1.82) is 0 Å². The van der Waals surface area contributed by atoms with E-state index in [0.717, 1.165) is 36.9 Å². The molecule has 7 nitrogen and oxygen atoms in total. The van der Waals surface area contributed by atoms with E-state index in [1.165, 1.54) is 18.2 Å². The molecule has 9 heteroatoms. The van der Waals surface area contributed by atoms with E-state index in [-0.39, 0.29) is 17.4 Å². The predicted molar refractivity (Wildman–Crippen MR) is 121 cm³/mol. The van der Waals surface area contributed by atoms with Gasteiger partial charge in [0.1, 0.15) is 12.4 Å². The smallest absolute Gasteiger partial charge is 0.295 e. The van der Waals surface area contributed by atoms with Gasteiger partial charge in [-0.25, -0.2) is 0 Å². The number of benzene rings is 2. The lowest BCUT2D eigenvalue weighted by Gasteiger charge is -2.26. The number of carbonyl (C=O) groups is 1. The molecule has 1 fully saturated rings. The molecule has 176 valence electrons. The van der Waals surface area contributed by atoms with Crippen LogP contribution in [-0.4, -0.2) is 48.0 Å². The molecule has 1 aliphatic rings. The van der Waals surface area contributed by atoms with E-state index in [1.54, 1.807) is 26.3 Å². The molecule has 0 saturated carbocycles. The van der Waals surface area contributed by atoms with Gasteiger partial charge >= 0.3 is 0 Å². The van der Waals surface area contributed by atoms with E-state index in [1.807, 2.05) is 6.07 Å². The highest BCUT2D eigenvalue weighted by Gasteiger charge is 2.31. The first-order chi connectivity index (χ1) is 15.9. The summed E-state index contributed by atoms with van der Waals surface area (Å²) in [5.74, 6) is -2.78. The van der Waals surface area contributed by atoms with Gasteiger partial charge in [0.15, 0.2) is 0 Å². The number of hydrogen-bond donors (Lipinski definition) is 4. The SMILES string of the molecule is COc1c(C2CCCNC2)cc(C(=O)N[C@H](C)c2cccc(C(F)(F)CO)c2)c2[nH]ncc12. The van der Waals surface area contributed by atoms with E-state index >= 15 is 0 Å². The zero-order valence-corrected chi connectivity index (χ0v) is 18.6. The number of H-pyrrole nitrogens is 1. The van der Waals surface area contributed by atoms with Crippen molar-refractivity contribution in [3.8, 4) is 5.75 Å². The maximum atomic E-state index is 13.9. The van der Waals surface area contributed by atoms with Crippen molar-refractivity contribution in [3.63, 3.8) is 0 Å². The molecular formula is C24H28F2N4O3. The molecule has 1 unspecified atom stereocenters. The summed E-state index contributed by atoms with van der Waals surface area (Å²) in [4.78, 5) is 13.3. The van der Waals surface area contributed by atoms with Crippen molar-refractivity contribution >= 4 is 16.8 Å². The molecule has 2 aromatic carbocycles. The van der Waals surface area contributed by atoms with Gasteiger partial charge < -0.3 is 20.5 Å². The highest BCUT2D eigenvalue weighted by atomic mass is 19.3. The van der Waals surface area contributed by atoms with Gasteiger partial charge in [-0.05, 0) is 44.0 Å². The lowest BCUT2D eigenvalue weighted by molar-refractivity contribution is -0.0556. The Morgan fingerprint density at radius 2 is 2.21 bits per heavy atom. The number of aromatic amines is 1. The summed E-state index contributed by atoms with van der Waals surface area (Å²) in [6.07, 6.45) is 3.66. The second kappa shape index (κ2) is 9.44. The Kier molecular flexibility index (Phi) is 6.62. The molecule has 0 radical (unpaired) electrons. The quantitative estimate of drug-likeness (QED) is 0.434. The van der Waals surface area contributed by atoms with Crippen LogP contribution in [0.3, 0.4) is 0 Å². The van der Waals surface area contributed by atoms with Crippen LogP contribution in [0.4, 0.5) is 8.78 Å². The van der Waals surface area contributed by atoms with Crippen molar-refractivity contribution < 1.29 is 23.4 Å². The average molecular weight is 459 g/mol. The fraction of sp³-hybridized carbons (Fsp3) is 0.417. The Labute approximate surface area is 190 Å². The Hall–Kier alpha value is -3.04. The van der Waals surface area contributed by atoms with Crippen LogP contribution < -0.4 is 15.4 Å². The molecule has 4 rings (SSSR count). The van der Waals surface area contributed by atoms with Gasteiger partial charge in [0.2, 0.25) is 0 Å². The monoisotopic (exact) mass is 458 g/mol. The molecule has 0 aliphatic carbocycles. The van der Waals surface area contributed by atoms with Crippen LogP contribution in [0.25, 0.3) is 10.9 Å². The highest BCUT2D eigenvalue weighted by molar-refractivity contribution is 6.07. The number of piperidine rings is 1. The summed E-state index contributed by atoms with van der Waals surface area (Å²) >= 11 is 0. The summed E-state index contributed by atoms with van der Waals surface area (Å²) in [6.45, 7) is 2.21. The maximum Gasteiger partial charge on any atom is 0.295 e. The number of aromatic nitrogens is 2. The van der Waals surface area contributed by atoms with E-state index < -0.39 is 18.6 Å². The van der Waals surface area contributed by atoms with Crippen molar-refractivity contribution in [2.24, 2.45) is 0 Å². The van der Waals surface area contributed by atoms with Crippen LogP contribution in [0.1, 0.15) is 58.8 Å². The van der Waals surface area contributed by atoms with E-state index in [9.17, 15) is 13.6 Å². The predicted octanol–water partition coefficient (Wildman–Crippen LogP) is 3.61. The normalized spacial score (nSPS) is 17.7. The molecule has 1 saturated heterocycles. The molecular weight excluding hydrogens is 430 g/mol. The van der Waals surface area contributed by atoms with Crippen LogP contribution in [-0.2, 0) is 5.92 Å². The molecule has 2 heterocycles. The summed E-state index contributed by atoms with van der Waals surface area (Å²) in [6, 6.07) is 7.03. The third-order valence-corrected chi connectivity index (χ3v) is 6.26. The van der Waals surface area contributed by atoms with Gasteiger partial charge in [0.25, 0.3) is 11.8 Å². The Morgan fingerprint density at radius 1 is 1.39 bits per heavy atom. The van der Waals surface area contributed by atoms with Crippen LogP contribution in [0.2, 0.25) is 0 Å². The molecule has 3 aromatic rings. The number of carbonyl (C=O) groups excluding carboxylic acids is 1. The van der Waals surface area contributed by atoms with E-state index in [0.29, 0.717) is 22.4 Å². The van der Waals surface area contributed by atoms with Gasteiger partial charge in [-0.2, -0.15) is 13.9 Å². The number of fused-ring (bicyclic) bond motifs is 1. The molecule has 0 bridgehead atoms. The summed E-state index contributed by atoms with van der Waals surface area (Å²) in [5.41, 5.74) is 2.15. The zero-order valence-electron chi connectivity index (χ0n) is 18.6. The topological polar surface area (TPSA) is 99.3 Å². The van der Waals surface area contributed by atoms with Gasteiger partial charge in [0, 0.05) is 23.6 Å². The lowest BCUT2D eigenvalue weighted by Crippen LogP contribution is -2.30. The van der Waals surface area contributed by atoms with Gasteiger partial charge in [0.05, 0.1) is 35.8 Å². The fourth-order valence-electron chi connectivity index (χ4n) is 4.42. The third-order valence-electron chi connectivity index (χ3n) is 6.26. The first-order valence-corrected chi connectivity index (χ1v) is 11.0. The van der Waals surface area contributed by atoms with Crippen molar-refractivity contribution in [2.75, 3.05) is 26.8 Å². The molecule has 0 spiro atoms. The summed E-state index contributed by atoms with van der Waals surface area (Å²) in [5, 5.41) is 23.0. The number of methoxy groups -OCH3 is 1. The second-order valence-electron chi connectivity index (χ2n) is 8.43. The number of amides is 1. The van der Waals surface area contributed by atoms with Crippen LogP contribution >= 0.6 is 0 Å². The molecule has 2 atom stereocenters. The van der Waals surface area contributed by atoms with E-state index in [2.05, 4.69) is 20.8 Å². The number of aliphatic hydroxyl groups is 1. The van der Waals surface area contributed by atoms with Gasteiger partial charge in [-0.1, -0.05) is 18.2 Å². The average Bonchev–Trinajstić information content (AvgIpc) is 3.33. The molecule has 1 aliphatic heterocycles. The number of aliphatic hydroxyl groups excluding tert-OH is 1. The molecule has 1 amide bonds. The first kappa shape index (κ1) is 23.1. The molecule has 1 aromatic heterocycles. The van der Waals surface area contributed by atoms with Crippen molar-refractivity contribution in [2.45, 2.75) is 37.6 Å². The van der Waals surface area contributed by atoms with Crippen LogP contribution in [0.5, 0.6) is 5.75 Å². The standard InChI is InChI=1S/C24H28F2N4O3/c1-14(15-5-3-7-17(9-15)24(25,26)13-31)29-23(32)19-10-18(16-6-4-8-27-11-16)22(33-2)20-12-28-30-21(19)20/h3,5,7,9-10,12,14,16,27,31H,4,6,8,11,13H2,1-2H3,(H,28,30)(H,29,32)/t14-,16?/m1/s1. The minimum Gasteiger partial charge on any atom is -0.496 e. The Morgan fingerprint density at radius 3 is 2.91 bits per heavy atom. The summed E-state index contributed by atoms with van der Waals surface area (Å²) < 4.78 is 33.5. The zero-order chi connectivity index (χ0) is 23.6. The number of ether oxygens (including phenoxy) is 1. The maximum absolute atomic E-state index is 13.9. The number of alkyl halides is 2. The largest absolute Gasteiger partial charge is 0.496 e. The highest BCUT2D eigenvalue weighted by Crippen LogP contribution is 2.38. The number of nitrogens with one attached hydrogen (secondary N) is 3. The Bertz CT molecular complexity index is 1140. The fourth-order valence-corrected chi connectivity index (χ4v) is 4.42. The van der Waals surface area contributed by atoms with Gasteiger partial charge in [-0.3, -0.25) is 9.89 Å². The minimum atomic E-state index is -3.35. The Balaban J connectivity index is 1.66. The van der Waals surface area contributed by atoms with Crippen molar-refractivity contribution in [3.05, 3.63) is 58.8 Å². The third kappa shape index (κ3) is 4.56. The van der Waals surface area contributed by atoms with Crippen LogP contribution in [0.15, 0.2) is 36.5 Å².